The van der Waals surface area contributed by atoms with Gasteiger partial charge in [0.1, 0.15) is 0 Å². The van der Waals surface area contributed by atoms with Gasteiger partial charge in [0, 0.05) is 17.4 Å². The molecule has 2 N–H and O–H groups in total. The van der Waals surface area contributed by atoms with Gasteiger partial charge in [0.2, 0.25) is 0 Å². The minimum absolute atomic E-state index is 0.00943. The van der Waals surface area contributed by atoms with Crippen LogP contribution in [-0.2, 0) is 10.0 Å². The van der Waals surface area contributed by atoms with Crippen molar-refractivity contribution in [3.05, 3.63) is 84.7 Å². The minimum Gasteiger partial charge on any atom is -0.321 e. The van der Waals surface area contributed by atoms with Crippen LogP contribution in [0.1, 0.15) is 10.4 Å². The summed E-state index contributed by atoms with van der Waals surface area (Å²) in [5.74, 6) is -0.412. The number of hydrogen-bond acceptors (Lipinski definition) is 4. The Morgan fingerprint density at radius 2 is 1.64 bits per heavy atom. The highest BCUT2D eigenvalue weighted by molar-refractivity contribution is 7.92. The summed E-state index contributed by atoms with van der Waals surface area (Å²) in [6, 6.07) is 17.8. The predicted molar refractivity (Wildman–Crippen MR) is 95.9 cm³/mol. The predicted octanol–water partition coefficient (Wildman–Crippen LogP) is 3.13. The molecule has 1 aromatic heterocycles. The number of sulfonamides is 1. The number of hydrogen-bond donors (Lipinski definition) is 2. The second kappa shape index (κ2) is 7.14. The quantitative estimate of drug-likeness (QED) is 0.737. The standard InChI is InChI=1S/C18H15N3O3S/c22-18(20-16-9-5-11-19-13-16)14-6-4-10-17(12-14)25(23,24)21-15-7-2-1-3-8-15/h1-13,21H,(H,20,22). The molecule has 1 amide bonds. The van der Waals surface area contributed by atoms with Gasteiger partial charge in [-0.15, -0.1) is 0 Å². The van der Waals surface area contributed by atoms with Crippen molar-refractivity contribution in [3.63, 3.8) is 0 Å². The van der Waals surface area contributed by atoms with Gasteiger partial charge in [-0.05, 0) is 42.5 Å². The Balaban J connectivity index is 1.82. The molecule has 1 heterocycles. The van der Waals surface area contributed by atoms with E-state index in [2.05, 4.69) is 15.0 Å². The number of rotatable bonds is 5. The maximum atomic E-state index is 12.5. The molecule has 0 saturated heterocycles. The van der Waals surface area contributed by atoms with E-state index >= 15 is 0 Å². The summed E-state index contributed by atoms with van der Waals surface area (Å²) < 4.78 is 27.4. The van der Waals surface area contributed by atoms with Gasteiger partial charge in [-0.25, -0.2) is 8.42 Å². The lowest BCUT2D eigenvalue weighted by atomic mass is 10.2. The third-order valence-corrected chi connectivity index (χ3v) is 4.73. The van der Waals surface area contributed by atoms with Crippen molar-refractivity contribution in [2.45, 2.75) is 4.90 Å². The number of carbonyl (C=O) groups is 1. The first-order chi connectivity index (χ1) is 12.0. The number of aromatic nitrogens is 1. The first-order valence-corrected chi connectivity index (χ1v) is 8.92. The number of nitrogens with zero attached hydrogens (tertiary/aromatic N) is 1. The first-order valence-electron chi connectivity index (χ1n) is 7.44. The van der Waals surface area contributed by atoms with Gasteiger partial charge in [-0.3, -0.25) is 14.5 Å². The van der Waals surface area contributed by atoms with Crippen molar-refractivity contribution < 1.29 is 13.2 Å². The first kappa shape index (κ1) is 16.7. The zero-order valence-electron chi connectivity index (χ0n) is 13.1. The highest BCUT2D eigenvalue weighted by Gasteiger charge is 2.16. The lowest BCUT2D eigenvalue weighted by Gasteiger charge is -2.09. The smallest absolute Gasteiger partial charge is 0.261 e. The Morgan fingerprint density at radius 1 is 0.880 bits per heavy atom. The van der Waals surface area contributed by atoms with Crippen LogP contribution in [0.25, 0.3) is 0 Å². The van der Waals surface area contributed by atoms with E-state index in [1.807, 2.05) is 0 Å². The van der Waals surface area contributed by atoms with Crippen LogP contribution in [0.5, 0.6) is 0 Å². The van der Waals surface area contributed by atoms with Crippen molar-refractivity contribution in [3.8, 4) is 0 Å². The van der Waals surface area contributed by atoms with Crippen molar-refractivity contribution in [1.82, 2.24) is 4.98 Å². The molecule has 0 bridgehead atoms. The maximum absolute atomic E-state index is 12.5. The summed E-state index contributed by atoms with van der Waals surface area (Å²) in [5, 5.41) is 2.67. The van der Waals surface area contributed by atoms with Gasteiger partial charge in [-0.2, -0.15) is 0 Å². The highest BCUT2D eigenvalue weighted by atomic mass is 32.2. The summed E-state index contributed by atoms with van der Waals surface area (Å²) in [5.41, 5.74) is 1.22. The zero-order valence-corrected chi connectivity index (χ0v) is 13.9. The Hall–Kier alpha value is -3.19. The van der Waals surface area contributed by atoms with Gasteiger partial charge in [0.15, 0.2) is 0 Å². The van der Waals surface area contributed by atoms with Crippen molar-refractivity contribution in [2.24, 2.45) is 0 Å². The van der Waals surface area contributed by atoms with Crippen LogP contribution >= 0.6 is 0 Å². The summed E-state index contributed by atoms with van der Waals surface area (Å²) in [4.78, 5) is 16.2. The van der Waals surface area contributed by atoms with E-state index in [1.165, 1.54) is 24.4 Å². The Labute approximate surface area is 145 Å². The second-order valence-electron chi connectivity index (χ2n) is 5.20. The van der Waals surface area contributed by atoms with Crippen LogP contribution < -0.4 is 10.0 Å². The largest absolute Gasteiger partial charge is 0.321 e. The number of nitrogens with one attached hydrogen (secondary N) is 2. The van der Waals surface area contributed by atoms with E-state index in [1.54, 1.807) is 54.7 Å². The van der Waals surface area contributed by atoms with Crippen molar-refractivity contribution >= 4 is 27.3 Å². The zero-order chi connectivity index (χ0) is 17.7. The Kier molecular flexibility index (Phi) is 4.76. The number of carbonyl (C=O) groups excluding carboxylic acids is 1. The lowest BCUT2D eigenvalue weighted by Crippen LogP contribution is -2.16. The lowest BCUT2D eigenvalue weighted by molar-refractivity contribution is 0.102. The molecule has 0 aliphatic rings. The number of para-hydroxylation sites is 1. The molecule has 126 valence electrons. The highest BCUT2D eigenvalue weighted by Crippen LogP contribution is 2.17. The van der Waals surface area contributed by atoms with Gasteiger partial charge in [-0.1, -0.05) is 24.3 Å². The van der Waals surface area contributed by atoms with Crippen LogP contribution in [0.4, 0.5) is 11.4 Å². The summed E-state index contributed by atoms with van der Waals surface area (Å²) in [6.07, 6.45) is 3.10. The molecule has 3 rings (SSSR count). The average Bonchev–Trinajstić information content (AvgIpc) is 2.63. The van der Waals surface area contributed by atoms with Crippen LogP contribution in [0.2, 0.25) is 0 Å². The molecule has 0 atom stereocenters. The van der Waals surface area contributed by atoms with Crippen LogP contribution in [0.15, 0.2) is 84.0 Å². The Morgan fingerprint density at radius 3 is 2.36 bits per heavy atom. The molecule has 6 nitrogen and oxygen atoms in total. The van der Waals surface area contributed by atoms with E-state index in [0.29, 0.717) is 11.4 Å². The molecule has 0 radical (unpaired) electrons. The van der Waals surface area contributed by atoms with E-state index in [0.717, 1.165) is 0 Å². The molecule has 0 aliphatic heterocycles. The Bertz CT molecular complexity index is 975. The van der Waals surface area contributed by atoms with Gasteiger partial charge < -0.3 is 5.32 Å². The number of anilines is 2. The average molecular weight is 353 g/mol. The third kappa shape index (κ3) is 4.21. The van der Waals surface area contributed by atoms with Gasteiger partial charge in [0.25, 0.3) is 15.9 Å². The molecular weight excluding hydrogens is 338 g/mol. The van der Waals surface area contributed by atoms with Crippen molar-refractivity contribution in [1.29, 1.82) is 0 Å². The third-order valence-electron chi connectivity index (χ3n) is 3.35. The molecule has 7 heteroatoms. The van der Waals surface area contributed by atoms with Gasteiger partial charge >= 0.3 is 0 Å². The van der Waals surface area contributed by atoms with E-state index in [4.69, 9.17) is 0 Å². The fraction of sp³-hybridized carbons (Fsp3) is 0. The number of amides is 1. The SMILES string of the molecule is O=C(Nc1cccnc1)c1cccc(S(=O)(=O)Nc2ccccc2)c1. The molecule has 0 aliphatic carbocycles. The minimum atomic E-state index is -3.78. The van der Waals surface area contributed by atoms with Crippen LogP contribution in [0, 0.1) is 0 Å². The van der Waals surface area contributed by atoms with Crippen LogP contribution in [0.3, 0.4) is 0 Å². The van der Waals surface area contributed by atoms with Gasteiger partial charge in [0.05, 0.1) is 16.8 Å². The van der Waals surface area contributed by atoms with E-state index < -0.39 is 15.9 Å². The molecule has 0 fully saturated rings. The van der Waals surface area contributed by atoms with E-state index in [9.17, 15) is 13.2 Å². The molecule has 0 spiro atoms. The fourth-order valence-corrected chi connectivity index (χ4v) is 3.27. The van der Waals surface area contributed by atoms with Crippen LogP contribution in [-0.4, -0.2) is 19.3 Å². The monoisotopic (exact) mass is 353 g/mol. The summed E-state index contributed by atoms with van der Waals surface area (Å²) >= 11 is 0. The molecule has 25 heavy (non-hydrogen) atoms. The van der Waals surface area contributed by atoms with E-state index in [-0.39, 0.29) is 10.5 Å². The number of pyridine rings is 1. The number of benzene rings is 2. The molecular formula is C18H15N3O3S. The summed E-state index contributed by atoms with van der Waals surface area (Å²) in [6.45, 7) is 0. The normalized spacial score (nSPS) is 10.9. The molecule has 3 aromatic rings. The second-order valence-corrected chi connectivity index (χ2v) is 6.88. The molecule has 2 aromatic carbocycles. The molecule has 0 unspecified atom stereocenters. The topological polar surface area (TPSA) is 88.2 Å². The fourth-order valence-electron chi connectivity index (χ4n) is 2.16. The summed E-state index contributed by atoms with van der Waals surface area (Å²) in [7, 11) is -3.78. The van der Waals surface area contributed by atoms with Crippen molar-refractivity contribution in [2.75, 3.05) is 10.0 Å². The maximum Gasteiger partial charge on any atom is 0.261 e. The molecule has 0 saturated carbocycles.